The van der Waals surface area contributed by atoms with E-state index < -0.39 is 0 Å². The van der Waals surface area contributed by atoms with Crippen LogP contribution in [0.25, 0.3) is 0 Å². The molecule has 0 amide bonds. The van der Waals surface area contributed by atoms with Gasteiger partial charge in [-0.3, -0.25) is 0 Å². The van der Waals surface area contributed by atoms with Gasteiger partial charge in [-0.15, -0.1) is 0 Å². The molecule has 0 aromatic heterocycles. The van der Waals surface area contributed by atoms with Crippen LogP contribution in [0.4, 0.5) is 0 Å². The van der Waals surface area contributed by atoms with E-state index in [2.05, 4.69) is 5.28 Å². The fourth-order valence-corrected chi connectivity index (χ4v) is 1.37. The molecule has 1 N–H and O–H groups in total. The molecule has 0 unspecified atom stereocenters. The molecule has 59 valence electrons. The van der Waals surface area contributed by atoms with E-state index in [0.717, 1.165) is 25.7 Å². The first kappa shape index (κ1) is 11.2. The number of hydrogen-bond donors (Lipinski definition) is 1. The van der Waals surface area contributed by atoms with Gasteiger partial charge >= 0.3 is 0 Å². The Hall–Kier alpha value is 0.200. The molecule has 0 heterocycles. The van der Waals surface area contributed by atoms with Crippen LogP contribution in [-0.4, -0.2) is 45.7 Å². The number of nitrogens with zero attached hydrogens (tertiary/aromatic N) is 2. The molecule has 4 nitrogen and oxygen atoms in total. The molecule has 5 heteroatoms. The van der Waals surface area contributed by atoms with Crippen molar-refractivity contribution >= 4 is 29.6 Å². The van der Waals surface area contributed by atoms with Crippen molar-refractivity contribution in [3.63, 3.8) is 0 Å². The molecule has 1 radical (unpaired) electrons. The summed E-state index contributed by atoms with van der Waals surface area (Å²) in [5, 5.41) is 21.4. The van der Waals surface area contributed by atoms with Gasteiger partial charge in [0.15, 0.2) is 11.3 Å². The maximum Gasteiger partial charge on any atom is 0.197 e. The second-order valence-electron chi connectivity index (χ2n) is 2.68. The van der Waals surface area contributed by atoms with Gasteiger partial charge in [0.1, 0.15) is 0 Å². The van der Waals surface area contributed by atoms with Crippen molar-refractivity contribution in [2.45, 2.75) is 38.1 Å². The van der Waals surface area contributed by atoms with Gasteiger partial charge in [0.25, 0.3) is 0 Å². The summed E-state index contributed by atoms with van der Waals surface area (Å²) < 4.78 is 0. The van der Waals surface area contributed by atoms with Crippen LogP contribution >= 0.6 is 0 Å². The maximum atomic E-state index is 10.7. The SMILES string of the molecule is [Na].[O-]/[N+](=N\O)C1CCCCC1. The van der Waals surface area contributed by atoms with E-state index in [1.54, 1.807) is 0 Å². The first-order chi connectivity index (χ1) is 4.84. The standard InChI is InChI=1S/C6H12N2O2.Na/c9-7-8(10)6-4-2-1-3-5-6;/h6,9H,1-5H2;/b8-7-;. The second-order valence-corrected chi connectivity index (χ2v) is 2.68. The van der Waals surface area contributed by atoms with Gasteiger partial charge in [0, 0.05) is 42.4 Å². The van der Waals surface area contributed by atoms with E-state index in [-0.39, 0.29) is 35.6 Å². The third-order valence-electron chi connectivity index (χ3n) is 1.98. The molecular formula is C6H12N2NaO2. The maximum absolute atomic E-state index is 10.7. The Morgan fingerprint density at radius 2 is 1.82 bits per heavy atom. The van der Waals surface area contributed by atoms with E-state index in [0.29, 0.717) is 4.86 Å². The summed E-state index contributed by atoms with van der Waals surface area (Å²) in [6.07, 6.45) is 5.11. The molecule has 1 aliphatic rings. The van der Waals surface area contributed by atoms with Crippen LogP contribution in [0.1, 0.15) is 32.1 Å². The summed E-state index contributed by atoms with van der Waals surface area (Å²) in [6, 6.07) is -0.0706. The topological polar surface area (TPSA) is 58.7 Å². The van der Waals surface area contributed by atoms with Crippen LogP contribution in [0.2, 0.25) is 0 Å². The van der Waals surface area contributed by atoms with E-state index in [1.807, 2.05) is 0 Å². The van der Waals surface area contributed by atoms with Crippen molar-refractivity contribution < 1.29 is 10.1 Å². The van der Waals surface area contributed by atoms with E-state index >= 15 is 0 Å². The monoisotopic (exact) mass is 167 g/mol. The van der Waals surface area contributed by atoms with Crippen molar-refractivity contribution in [2.24, 2.45) is 5.28 Å². The van der Waals surface area contributed by atoms with Crippen LogP contribution in [0.3, 0.4) is 0 Å². The Morgan fingerprint density at radius 1 is 1.27 bits per heavy atom. The average Bonchev–Trinajstić information content (AvgIpc) is 2.05. The molecule has 0 saturated heterocycles. The van der Waals surface area contributed by atoms with Crippen molar-refractivity contribution in [3.05, 3.63) is 5.21 Å². The molecule has 0 aromatic rings. The molecule has 1 fully saturated rings. The summed E-state index contributed by atoms with van der Waals surface area (Å²) in [6.45, 7) is 0. The summed E-state index contributed by atoms with van der Waals surface area (Å²) in [7, 11) is 0. The predicted octanol–water partition coefficient (Wildman–Crippen LogP) is 1.29. The predicted molar refractivity (Wildman–Crippen MR) is 40.5 cm³/mol. The minimum atomic E-state index is -0.0706. The Morgan fingerprint density at radius 3 is 2.27 bits per heavy atom. The molecule has 0 spiro atoms. The van der Waals surface area contributed by atoms with Crippen molar-refractivity contribution in [1.82, 2.24) is 0 Å². The number of hydrogen-bond acceptors (Lipinski definition) is 2. The molecule has 0 aromatic carbocycles. The van der Waals surface area contributed by atoms with Crippen molar-refractivity contribution in [3.8, 4) is 0 Å². The Kier molecular flexibility index (Phi) is 5.91. The van der Waals surface area contributed by atoms with Gasteiger partial charge in [-0.05, 0) is 12.8 Å². The van der Waals surface area contributed by atoms with E-state index in [1.165, 1.54) is 6.42 Å². The first-order valence-corrected chi connectivity index (χ1v) is 3.66. The Balaban J connectivity index is 0.000001000. The van der Waals surface area contributed by atoms with Crippen LogP contribution in [0, 0.1) is 5.21 Å². The van der Waals surface area contributed by atoms with Gasteiger partial charge in [-0.2, -0.15) is 0 Å². The molecule has 0 atom stereocenters. The minimum Gasteiger partial charge on any atom is -0.597 e. The molecular weight excluding hydrogens is 155 g/mol. The quantitative estimate of drug-likeness (QED) is 0.277. The third-order valence-corrected chi connectivity index (χ3v) is 1.98. The summed E-state index contributed by atoms with van der Waals surface area (Å²) >= 11 is 0. The van der Waals surface area contributed by atoms with Gasteiger partial charge in [-0.1, -0.05) is 11.3 Å². The fourth-order valence-electron chi connectivity index (χ4n) is 1.37. The number of hydroxylamine groups is 1. The first-order valence-electron chi connectivity index (χ1n) is 3.66. The summed E-state index contributed by atoms with van der Waals surface area (Å²) in [5.41, 5.74) is 0. The molecule has 0 bridgehead atoms. The van der Waals surface area contributed by atoms with E-state index in [4.69, 9.17) is 5.21 Å². The van der Waals surface area contributed by atoms with Crippen molar-refractivity contribution in [2.75, 3.05) is 0 Å². The normalized spacial score (nSPS) is 20.9. The molecule has 1 rings (SSSR count). The minimum absolute atomic E-state index is 0. The number of rotatable bonds is 1. The summed E-state index contributed by atoms with van der Waals surface area (Å²) in [5.74, 6) is 0. The smallest absolute Gasteiger partial charge is 0.197 e. The Bertz CT molecular complexity index is 135. The summed E-state index contributed by atoms with van der Waals surface area (Å²) in [4.78, 5) is 0.416. The van der Waals surface area contributed by atoms with Gasteiger partial charge in [0.2, 0.25) is 0 Å². The van der Waals surface area contributed by atoms with Gasteiger partial charge < -0.3 is 10.4 Å². The third kappa shape index (κ3) is 3.40. The molecule has 1 saturated carbocycles. The zero-order chi connectivity index (χ0) is 7.40. The van der Waals surface area contributed by atoms with Crippen molar-refractivity contribution in [1.29, 1.82) is 0 Å². The zero-order valence-electron chi connectivity index (χ0n) is 6.86. The van der Waals surface area contributed by atoms with Gasteiger partial charge in [-0.25, -0.2) is 0 Å². The largest absolute Gasteiger partial charge is 0.597 e. The van der Waals surface area contributed by atoms with Crippen LogP contribution in [-0.2, 0) is 0 Å². The average molecular weight is 167 g/mol. The van der Waals surface area contributed by atoms with E-state index in [9.17, 15) is 5.21 Å². The van der Waals surface area contributed by atoms with Crippen LogP contribution in [0.5, 0.6) is 0 Å². The van der Waals surface area contributed by atoms with Crippen LogP contribution in [0.15, 0.2) is 5.28 Å². The molecule has 1 aliphatic carbocycles. The van der Waals surface area contributed by atoms with Crippen LogP contribution < -0.4 is 0 Å². The zero-order valence-corrected chi connectivity index (χ0v) is 8.86. The fraction of sp³-hybridized carbons (Fsp3) is 1.00. The second kappa shape index (κ2) is 5.80. The molecule has 11 heavy (non-hydrogen) atoms. The molecule has 0 aliphatic heterocycles. The van der Waals surface area contributed by atoms with Gasteiger partial charge in [0.05, 0.1) is 0 Å². The Labute approximate surface area is 88.1 Å².